The Morgan fingerprint density at radius 2 is 2.19 bits per heavy atom. The van der Waals surface area contributed by atoms with E-state index in [1.807, 2.05) is 0 Å². The summed E-state index contributed by atoms with van der Waals surface area (Å²) < 4.78 is 0. The SMILES string of the molecule is Cc1[nH]c(=O)nc(SCc2ccccc2C#N)c1C(=O)O. The lowest BCUT2D eigenvalue weighted by molar-refractivity contribution is 0.0690. The van der Waals surface area contributed by atoms with Crippen LogP contribution >= 0.6 is 11.8 Å². The number of nitrogens with one attached hydrogen (secondary N) is 1. The Balaban J connectivity index is 2.35. The summed E-state index contributed by atoms with van der Waals surface area (Å²) in [6.07, 6.45) is 0. The van der Waals surface area contributed by atoms with Gasteiger partial charge in [0, 0.05) is 11.4 Å². The van der Waals surface area contributed by atoms with Crippen LogP contribution < -0.4 is 5.69 Å². The molecule has 0 aliphatic heterocycles. The fourth-order valence-corrected chi connectivity index (χ4v) is 2.89. The standard InChI is InChI=1S/C14H11N3O3S/c1-8-11(13(18)19)12(17-14(20)16-8)21-7-10-5-3-2-4-9(10)6-15/h2-5H,7H2,1H3,(H,18,19)(H,16,17,20). The molecular formula is C14H11N3O3S. The molecule has 7 heteroatoms. The first-order valence-electron chi connectivity index (χ1n) is 5.98. The highest BCUT2D eigenvalue weighted by molar-refractivity contribution is 7.98. The van der Waals surface area contributed by atoms with Crippen LogP contribution in [-0.4, -0.2) is 21.0 Å². The quantitative estimate of drug-likeness (QED) is 0.660. The smallest absolute Gasteiger partial charge is 0.346 e. The summed E-state index contributed by atoms with van der Waals surface area (Å²) in [4.78, 5) is 28.7. The van der Waals surface area contributed by atoms with Crippen LogP contribution in [0.1, 0.15) is 27.2 Å². The second kappa shape index (κ2) is 6.24. The third kappa shape index (κ3) is 3.30. The van der Waals surface area contributed by atoms with Gasteiger partial charge < -0.3 is 10.1 Å². The Morgan fingerprint density at radius 3 is 2.86 bits per heavy atom. The molecule has 1 aromatic heterocycles. The van der Waals surface area contributed by atoms with Crippen LogP contribution in [0.5, 0.6) is 0 Å². The molecule has 0 fully saturated rings. The number of thioether (sulfide) groups is 1. The number of nitrogens with zero attached hydrogens (tertiary/aromatic N) is 2. The topological polar surface area (TPSA) is 107 Å². The van der Waals surface area contributed by atoms with Gasteiger partial charge >= 0.3 is 11.7 Å². The van der Waals surface area contributed by atoms with Crippen molar-refractivity contribution in [2.45, 2.75) is 17.7 Å². The number of rotatable bonds is 4. The molecule has 1 aromatic carbocycles. The third-order valence-corrected chi connectivity index (χ3v) is 3.83. The van der Waals surface area contributed by atoms with Crippen LogP contribution in [0.15, 0.2) is 34.1 Å². The Bertz CT molecular complexity index is 793. The minimum Gasteiger partial charge on any atom is -0.478 e. The van der Waals surface area contributed by atoms with Gasteiger partial charge in [-0.05, 0) is 18.6 Å². The largest absolute Gasteiger partial charge is 0.478 e. The lowest BCUT2D eigenvalue weighted by atomic mass is 10.1. The second-order valence-corrected chi connectivity index (χ2v) is 5.17. The van der Waals surface area contributed by atoms with Crippen LogP contribution in [0.4, 0.5) is 0 Å². The molecule has 0 aliphatic rings. The molecule has 1 heterocycles. The number of aromatic amines is 1. The summed E-state index contributed by atoms with van der Waals surface area (Å²) in [6.45, 7) is 1.51. The Hall–Kier alpha value is -2.59. The van der Waals surface area contributed by atoms with E-state index in [0.29, 0.717) is 11.3 Å². The highest BCUT2D eigenvalue weighted by Gasteiger charge is 2.17. The van der Waals surface area contributed by atoms with E-state index < -0.39 is 11.7 Å². The summed E-state index contributed by atoms with van der Waals surface area (Å²) in [5.41, 5.74) is 0.936. The molecular weight excluding hydrogens is 290 g/mol. The molecule has 0 bridgehead atoms. The lowest BCUT2D eigenvalue weighted by Crippen LogP contribution is -2.18. The van der Waals surface area contributed by atoms with Crippen molar-refractivity contribution in [2.24, 2.45) is 0 Å². The van der Waals surface area contributed by atoms with Crippen LogP contribution in [0.3, 0.4) is 0 Å². The Morgan fingerprint density at radius 1 is 1.48 bits per heavy atom. The van der Waals surface area contributed by atoms with E-state index in [1.54, 1.807) is 24.3 Å². The minimum atomic E-state index is -1.15. The maximum absolute atomic E-state index is 11.4. The number of carboxylic acids is 1. The van der Waals surface area contributed by atoms with Crippen molar-refractivity contribution in [2.75, 3.05) is 0 Å². The molecule has 106 valence electrons. The highest BCUT2D eigenvalue weighted by Crippen LogP contribution is 2.25. The van der Waals surface area contributed by atoms with E-state index in [1.165, 1.54) is 6.92 Å². The number of hydrogen-bond acceptors (Lipinski definition) is 5. The molecule has 2 aromatic rings. The van der Waals surface area contributed by atoms with Gasteiger partial charge in [-0.1, -0.05) is 18.2 Å². The lowest BCUT2D eigenvalue weighted by Gasteiger charge is -2.07. The van der Waals surface area contributed by atoms with Crippen LogP contribution in [0, 0.1) is 18.3 Å². The van der Waals surface area contributed by atoms with E-state index in [2.05, 4.69) is 16.0 Å². The first-order valence-corrected chi connectivity index (χ1v) is 6.96. The monoisotopic (exact) mass is 301 g/mol. The van der Waals surface area contributed by atoms with Crippen molar-refractivity contribution in [3.63, 3.8) is 0 Å². The summed E-state index contributed by atoms with van der Waals surface area (Å²) >= 11 is 1.12. The zero-order valence-corrected chi connectivity index (χ0v) is 11.9. The van der Waals surface area contributed by atoms with Gasteiger partial charge in [-0.25, -0.2) is 9.59 Å². The molecule has 2 rings (SSSR count). The van der Waals surface area contributed by atoms with Crippen LogP contribution in [0.2, 0.25) is 0 Å². The molecule has 0 radical (unpaired) electrons. The molecule has 6 nitrogen and oxygen atoms in total. The molecule has 0 spiro atoms. The molecule has 0 unspecified atom stereocenters. The Labute approximate surface area is 124 Å². The number of aryl methyl sites for hydroxylation is 1. The highest BCUT2D eigenvalue weighted by atomic mass is 32.2. The van der Waals surface area contributed by atoms with Crippen LogP contribution in [-0.2, 0) is 5.75 Å². The van der Waals surface area contributed by atoms with Gasteiger partial charge in [-0.15, -0.1) is 11.8 Å². The molecule has 2 N–H and O–H groups in total. The number of carbonyl (C=O) groups is 1. The second-order valence-electron chi connectivity index (χ2n) is 4.21. The first kappa shape index (κ1) is 14.8. The molecule has 0 saturated carbocycles. The predicted octanol–water partition coefficient (Wildman–Crippen LogP) is 1.94. The van der Waals surface area contributed by atoms with Crippen molar-refractivity contribution in [1.29, 1.82) is 5.26 Å². The average molecular weight is 301 g/mol. The van der Waals surface area contributed by atoms with Crippen molar-refractivity contribution >= 4 is 17.7 Å². The van der Waals surface area contributed by atoms with Gasteiger partial charge in [0.2, 0.25) is 0 Å². The number of benzene rings is 1. The molecule has 0 aliphatic carbocycles. The summed E-state index contributed by atoms with van der Waals surface area (Å²) in [6, 6.07) is 9.09. The number of aromatic nitrogens is 2. The van der Waals surface area contributed by atoms with E-state index in [0.717, 1.165) is 17.3 Å². The number of nitriles is 1. The van der Waals surface area contributed by atoms with Gasteiger partial charge in [-0.2, -0.15) is 10.2 Å². The van der Waals surface area contributed by atoms with Gasteiger partial charge in [0.1, 0.15) is 10.6 Å². The number of aromatic carboxylic acids is 1. The summed E-state index contributed by atoms with van der Waals surface area (Å²) in [5, 5.41) is 18.4. The summed E-state index contributed by atoms with van der Waals surface area (Å²) in [7, 11) is 0. The van der Waals surface area contributed by atoms with E-state index in [-0.39, 0.29) is 16.3 Å². The van der Waals surface area contributed by atoms with Crippen LogP contribution in [0.25, 0.3) is 0 Å². The Kier molecular flexibility index (Phi) is 4.40. The molecule has 0 saturated heterocycles. The average Bonchev–Trinajstić information content (AvgIpc) is 2.44. The maximum atomic E-state index is 11.4. The van der Waals surface area contributed by atoms with E-state index >= 15 is 0 Å². The fourth-order valence-electron chi connectivity index (χ4n) is 1.82. The van der Waals surface area contributed by atoms with Gasteiger partial charge in [0.25, 0.3) is 0 Å². The minimum absolute atomic E-state index is 0.0194. The number of carboxylic acid groups (broad SMARTS) is 1. The molecule has 0 amide bonds. The van der Waals surface area contributed by atoms with Gasteiger partial charge in [-0.3, -0.25) is 0 Å². The summed E-state index contributed by atoms with van der Waals surface area (Å²) in [5.74, 6) is -0.785. The van der Waals surface area contributed by atoms with E-state index in [9.17, 15) is 14.7 Å². The molecule has 0 atom stereocenters. The zero-order valence-electron chi connectivity index (χ0n) is 11.1. The van der Waals surface area contributed by atoms with Crippen molar-refractivity contribution < 1.29 is 9.90 Å². The number of H-pyrrole nitrogens is 1. The van der Waals surface area contributed by atoms with Crippen molar-refractivity contribution in [3.8, 4) is 6.07 Å². The van der Waals surface area contributed by atoms with Crippen molar-refractivity contribution in [1.82, 2.24) is 9.97 Å². The first-order chi connectivity index (χ1) is 10.0. The van der Waals surface area contributed by atoms with E-state index in [4.69, 9.17) is 5.26 Å². The zero-order chi connectivity index (χ0) is 15.4. The third-order valence-electron chi connectivity index (χ3n) is 2.80. The fraction of sp³-hybridized carbons (Fsp3) is 0.143. The predicted molar refractivity (Wildman–Crippen MR) is 77.3 cm³/mol. The van der Waals surface area contributed by atoms with Gasteiger partial charge in [0.15, 0.2) is 0 Å². The maximum Gasteiger partial charge on any atom is 0.346 e. The van der Waals surface area contributed by atoms with Crippen molar-refractivity contribution in [3.05, 3.63) is 57.1 Å². The molecule has 21 heavy (non-hydrogen) atoms. The van der Waals surface area contributed by atoms with Gasteiger partial charge in [0.05, 0.1) is 11.6 Å². The number of hydrogen-bond donors (Lipinski definition) is 2. The normalized spacial score (nSPS) is 10.1.